The molecule has 0 bridgehead atoms. The maximum Gasteiger partial charge on any atom is 0.129 e. The maximum absolute atomic E-state index is 10.9. The van der Waals surface area contributed by atoms with Gasteiger partial charge in [-0.1, -0.05) is 26.0 Å². The smallest absolute Gasteiger partial charge is 0.129 e. The highest BCUT2D eigenvalue weighted by Crippen LogP contribution is 2.37. The summed E-state index contributed by atoms with van der Waals surface area (Å²) >= 11 is 0. The summed E-state index contributed by atoms with van der Waals surface area (Å²) in [5, 5.41) is 3.27. The first kappa shape index (κ1) is 10.5. The van der Waals surface area contributed by atoms with E-state index in [1.807, 2.05) is 20.0 Å². The van der Waals surface area contributed by atoms with Crippen molar-refractivity contribution in [3.63, 3.8) is 0 Å². The fourth-order valence-electron chi connectivity index (χ4n) is 1.85. The SMILES string of the molecule is CNC1CC(C)(C=O)C=CC1(C)C. The van der Waals surface area contributed by atoms with Crippen LogP contribution in [0.25, 0.3) is 0 Å². The molecule has 0 aromatic carbocycles. The summed E-state index contributed by atoms with van der Waals surface area (Å²) in [5.74, 6) is 0. The van der Waals surface area contributed by atoms with Crippen LogP contribution in [0.3, 0.4) is 0 Å². The number of allylic oxidation sites excluding steroid dienone is 1. The average Bonchev–Trinajstić information content (AvgIpc) is 2.10. The van der Waals surface area contributed by atoms with E-state index in [0.29, 0.717) is 6.04 Å². The van der Waals surface area contributed by atoms with Gasteiger partial charge in [0.25, 0.3) is 0 Å². The van der Waals surface area contributed by atoms with Crippen molar-refractivity contribution in [1.82, 2.24) is 5.32 Å². The molecule has 2 unspecified atom stereocenters. The van der Waals surface area contributed by atoms with Gasteiger partial charge < -0.3 is 10.1 Å². The Bertz CT molecular complexity index is 232. The summed E-state index contributed by atoms with van der Waals surface area (Å²) in [5.41, 5.74) is -0.125. The molecule has 2 heteroatoms. The molecule has 0 heterocycles. The Hall–Kier alpha value is -0.630. The second-order valence-corrected chi connectivity index (χ2v) is 4.82. The number of hydrogen-bond acceptors (Lipinski definition) is 2. The Morgan fingerprint density at radius 1 is 1.38 bits per heavy atom. The van der Waals surface area contributed by atoms with Crippen molar-refractivity contribution >= 4 is 6.29 Å². The second kappa shape index (κ2) is 3.26. The Kier molecular flexibility index (Phi) is 2.62. The molecular weight excluding hydrogens is 162 g/mol. The summed E-state index contributed by atoms with van der Waals surface area (Å²) in [6, 6.07) is 0.382. The molecule has 0 amide bonds. The molecule has 0 aromatic rings. The first-order valence-electron chi connectivity index (χ1n) is 4.77. The third-order valence-electron chi connectivity index (χ3n) is 3.05. The molecular formula is C11H19NO. The molecule has 1 N–H and O–H groups in total. The maximum atomic E-state index is 10.9. The van der Waals surface area contributed by atoms with Crippen LogP contribution in [0.15, 0.2) is 12.2 Å². The molecule has 0 fully saturated rings. The van der Waals surface area contributed by atoms with Crippen LogP contribution in [0.2, 0.25) is 0 Å². The lowest BCUT2D eigenvalue weighted by Gasteiger charge is -2.40. The van der Waals surface area contributed by atoms with E-state index in [9.17, 15) is 4.79 Å². The first-order chi connectivity index (χ1) is 5.93. The molecule has 2 nitrogen and oxygen atoms in total. The van der Waals surface area contributed by atoms with E-state index < -0.39 is 0 Å². The standard InChI is InChI=1S/C11H19NO/c1-10(2)5-6-11(3,8-13)7-9(10)12-4/h5-6,8-9,12H,7H2,1-4H3. The Morgan fingerprint density at radius 3 is 2.46 bits per heavy atom. The summed E-state index contributed by atoms with van der Waals surface area (Å²) in [6.45, 7) is 6.36. The first-order valence-corrected chi connectivity index (χ1v) is 4.77. The quantitative estimate of drug-likeness (QED) is 0.519. The van der Waals surface area contributed by atoms with Crippen LogP contribution < -0.4 is 5.32 Å². The Balaban J connectivity index is 2.92. The Labute approximate surface area is 80.4 Å². The van der Waals surface area contributed by atoms with Gasteiger partial charge in [0.1, 0.15) is 6.29 Å². The zero-order chi connectivity index (χ0) is 10.1. The van der Waals surface area contributed by atoms with Crippen molar-refractivity contribution in [1.29, 1.82) is 0 Å². The van der Waals surface area contributed by atoms with Gasteiger partial charge in [-0.2, -0.15) is 0 Å². The molecule has 74 valence electrons. The minimum absolute atomic E-state index is 0.150. The van der Waals surface area contributed by atoms with Crippen LogP contribution in [0, 0.1) is 10.8 Å². The van der Waals surface area contributed by atoms with Gasteiger partial charge >= 0.3 is 0 Å². The zero-order valence-electron chi connectivity index (χ0n) is 8.92. The zero-order valence-corrected chi connectivity index (χ0v) is 8.92. The molecule has 0 aromatic heterocycles. The van der Waals surface area contributed by atoms with Crippen LogP contribution in [-0.2, 0) is 4.79 Å². The number of rotatable bonds is 2. The van der Waals surface area contributed by atoms with E-state index in [1.165, 1.54) is 0 Å². The van der Waals surface area contributed by atoms with Crippen LogP contribution in [0.5, 0.6) is 0 Å². The lowest BCUT2D eigenvalue weighted by Crippen LogP contribution is -2.45. The van der Waals surface area contributed by atoms with Gasteiger partial charge in [0.05, 0.1) is 0 Å². The number of aldehydes is 1. The fraction of sp³-hybridized carbons (Fsp3) is 0.727. The normalized spacial score (nSPS) is 37.4. The van der Waals surface area contributed by atoms with Crippen molar-refractivity contribution in [3.05, 3.63) is 12.2 Å². The van der Waals surface area contributed by atoms with Gasteiger partial charge in [0.2, 0.25) is 0 Å². The fourth-order valence-corrected chi connectivity index (χ4v) is 1.85. The largest absolute Gasteiger partial charge is 0.316 e. The van der Waals surface area contributed by atoms with Gasteiger partial charge in [0.15, 0.2) is 0 Å². The summed E-state index contributed by atoms with van der Waals surface area (Å²) in [6.07, 6.45) is 6.11. The van der Waals surface area contributed by atoms with Gasteiger partial charge in [-0.3, -0.25) is 0 Å². The third-order valence-corrected chi connectivity index (χ3v) is 3.05. The lowest BCUT2D eigenvalue weighted by molar-refractivity contribution is -0.114. The molecule has 2 atom stereocenters. The van der Waals surface area contributed by atoms with Crippen molar-refractivity contribution in [2.24, 2.45) is 10.8 Å². The van der Waals surface area contributed by atoms with Crippen molar-refractivity contribution in [2.45, 2.75) is 33.2 Å². The molecule has 1 aliphatic rings. The van der Waals surface area contributed by atoms with Gasteiger partial charge in [-0.05, 0) is 25.8 Å². The Morgan fingerprint density at radius 2 is 2.00 bits per heavy atom. The van der Waals surface area contributed by atoms with Crippen LogP contribution in [-0.4, -0.2) is 19.4 Å². The van der Waals surface area contributed by atoms with Gasteiger partial charge in [-0.15, -0.1) is 0 Å². The highest BCUT2D eigenvalue weighted by molar-refractivity contribution is 5.62. The van der Waals surface area contributed by atoms with E-state index in [0.717, 1.165) is 12.7 Å². The summed E-state index contributed by atoms with van der Waals surface area (Å²) in [4.78, 5) is 10.9. The number of hydrogen-bond donors (Lipinski definition) is 1. The van der Waals surface area contributed by atoms with E-state index in [1.54, 1.807) is 0 Å². The lowest BCUT2D eigenvalue weighted by atomic mass is 9.69. The monoisotopic (exact) mass is 181 g/mol. The van der Waals surface area contributed by atoms with Gasteiger partial charge in [0, 0.05) is 11.5 Å². The molecule has 0 spiro atoms. The average molecular weight is 181 g/mol. The number of nitrogens with one attached hydrogen (secondary N) is 1. The number of carbonyl (C=O) groups excluding carboxylic acids is 1. The van der Waals surface area contributed by atoms with E-state index >= 15 is 0 Å². The molecule has 0 aliphatic heterocycles. The molecule has 0 saturated carbocycles. The number of carbonyl (C=O) groups is 1. The van der Waals surface area contributed by atoms with Crippen LogP contribution >= 0.6 is 0 Å². The van der Waals surface area contributed by atoms with E-state index in [4.69, 9.17) is 0 Å². The van der Waals surface area contributed by atoms with Crippen LogP contribution in [0.4, 0.5) is 0 Å². The molecule has 1 rings (SSSR count). The van der Waals surface area contributed by atoms with Gasteiger partial charge in [-0.25, -0.2) is 0 Å². The predicted molar refractivity (Wildman–Crippen MR) is 54.6 cm³/mol. The summed E-state index contributed by atoms with van der Waals surface area (Å²) in [7, 11) is 1.96. The predicted octanol–water partition coefficient (Wildman–Crippen LogP) is 1.77. The molecule has 13 heavy (non-hydrogen) atoms. The minimum Gasteiger partial charge on any atom is -0.316 e. The van der Waals surface area contributed by atoms with E-state index in [2.05, 4.69) is 25.2 Å². The highest BCUT2D eigenvalue weighted by Gasteiger charge is 2.37. The topological polar surface area (TPSA) is 29.1 Å². The van der Waals surface area contributed by atoms with Crippen LogP contribution in [0.1, 0.15) is 27.2 Å². The molecule has 0 radical (unpaired) electrons. The second-order valence-electron chi connectivity index (χ2n) is 4.82. The van der Waals surface area contributed by atoms with Crippen molar-refractivity contribution < 1.29 is 4.79 Å². The molecule has 0 saturated heterocycles. The minimum atomic E-state index is -0.275. The van der Waals surface area contributed by atoms with Crippen molar-refractivity contribution in [3.8, 4) is 0 Å². The summed E-state index contributed by atoms with van der Waals surface area (Å²) < 4.78 is 0. The third kappa shape index (κ3) is 1.99. The van der Waals surface area contributed by atoms with E-state index in [-0.39, 0.29) is 10.8 Å². The molecule has 1 aliphatic carbocycles. The van der Waals surface area contributed by atoms with Crippen molar-refractivity contribution in [2.75, 3.05) is 7.05 Å². The highest BCUT2D eigenvalue weighted by atomic mass is 16.1.